The van der Waals surface area contributed by atoms with Crippen LogP contribution in [-0.2, 0) is 14.9 Å². The molecule has 2 aromatic rings. The second-order valence-electron chi connectivity index (χ2n) is 5.53. The topological polar surface area (TPSA) is 105 Å². The largest absolute Gasteiger partial charge is 0.491 e. The maximum atomic E-state index is 12.5. The van der Waals surface area contributed by atoms with E-state index in [-0.39, 0.29) is 10.6 Å². The Morgan fingerprint density at radius 3 is 2.35 bits per heavy atom. The van der Waals surface area contributed by atoms with Crippen LogP contribution in [0.2, 0.25) is 0 Å². The van der Waals surface area contributed by atoms with Crippen LogP contribution in [0.25, 0.3) is 0 Å². The van der Waals surface area contributed by atoms with Gasteiger partial charge in [-0.25, -0.2) is 0 Å². The van der Waals surface area contributed by atoms with Crippen molar-refractivity contribution in [1.82, 2.24) is 0 Å². The van der Waals surface area contributed by atoms with Crippen LogP contribution in [0.5, 0.6) is 11.5 Å². The summed E-state index contributed by atoms with van der Waals surface area (Å²) < 4.78 is 40.3. The lowest BCUT2D eigenvalue weighted by Gasteiger charge is -2.11. The number of hydrogen-bond donors (Lipinski definition) is 0. The molecule has 0 N–H and O–H groups in total. The zero-order valence-corrected chi connectivity index (χ0v) is 15.4. The summed E-state index contributed by atoms with van der Waals surface area (Å²) in [6.45, 7) is 4.08. The Morgan fingerprint density at radius 1 is 1.04 bits per heavy atom. The van der Waals surface area contributed by atoms with E-state index in [1.54, 1.807) is 21.0 Å². The SMILES string of the molecule is COCCOc1ccc(S(=O)(=O)Oc2ccc(C)cc2[N+](=O)[O-])cc1C. The predicted octanol–water partition coefficient (Wildman–Crippen LogP) is 3.00. The number of benzene rings is 2. The van der Waals surface area contributed by atoms with Crippen molar-refractivity contribution in [2.45, 2.75) is 18.7 Å². The van der Waals surface area contributed by atoms with E-state index in [1.165, 1.54) is 36.4 Å². The summed E-state index contributed by atoms with van der Waals surface area (Å²) in [7, 11) is -2.68. The van der Waals surface area contributed by atoms with E-state index in [2.05, 4.69) is 0 Å². The highest BCUT2D eigenvalue weighted by Crippen LogP contribution is 2.31. The molecule has 9 heteroatoms. The van der Waals surface area contributed by atoms with Crippen molar-refractivity contribution in [2.24, 2.45) is 0 Å². The van der Waals surface area contributed by atoms with Gasteiger partial charge in [0.05, 0.1) is 11.5 Å². The van der Waals surface area contributed by atoms with Gasteiger partial charge in [-0.1, -0.05) is 6.07 Å². The Balaban J connectivity index is 2.28. The van der Waals surface area contributed by atoms with Crippen molar-refractivity contribution in [1.29, 1.82) is 0 Å². The molecule has 0 atom stereocenters. The van der Waals surface area contributed by atoms with E-state index in [0.29, 0.717) is 30.1 Å². The van der Waals surface area contributed by atoms with Crippen molar-refractivity contribution in [3.05, 3.63) is 57.6 Å². The van der Waals surface area contributed by atoms with E-state index < -0.39 is 20.7 Å². The Bertz CT molecular complexity index is 909. The van der Waals surface area contributed by atoms with Crippen molar-refractivity contribution in [2.75, 3.05) is 20.3 Å². The zero-order valence-electron chi connectivity index (χ0n) is 14.6. The van der Waals surface area contributed by atoms with Gasteiger partial charge in [-0.3, -0.25) is 10.1 Å². The summed E-state index contributed by atoms with van der Waals surface area (Å²) in [6.07, 6.45) is 0. The van der Waals surface area contributed by atoms with E-state index >= 15 is 0 Å². The normalized spacial score (nSPS) is 11.2. The lowest BCUT2D eigenvalue weighted by atomic mass is 10.2. The zero-order chi connectivity index (χ0) is 19.3. The Kier molecular flexibility index (Phi) is 6.17. The van der Waals surface area contributed by atoms with Crippen LogP contribution in [0.1, 0.15) is 11.1 Å². The summed E-state index contributed by atoms with van der Waals surface area (Å²) in [4.78, 5) is 10.3. The van der Waals surface area contributed by atoms with Gasteiger partial charge < -0.3 is 13.7 Å². The first kappa shape index (κ1) is 19.7. The number of ether oxygens (including phenoxy) is 2. The van der Waals surface area contributed by atoms with Crippen molar-refractivity contribution in [3.8, 4) is 11.5 Å². The summed E-state index contributed by atoms with van der Waals surface area (Å²) in [5, 5.41) is 11.1. The summed E-state index contributed by atoms with van der Waals surface area (Å²) >= 11 is 0. The molecule has 0 aliphatic heterocycles. The maximum Gasteiger partial charge on any atom is 0.339 e. The average molecular weight is 381 g/mol. The maximum absolute atomic E-state index is 12.5. The van der Waals surface area contributed by atoms with Gasteiger partial charge in [0.25, 0.3) is 0 Å². The number of hydrogen-bond acceptors (Lipinski definition) is 7. The molecule has 140 valence electrons. The van der Waals surface area contributed by atoms with Crippen molar-refractivity contribution < 1.29 is 27.0 Å². The first-order chi connectivity index (χ1) is 12.2. The molecule has 0 saturated heterocycles. The fraction of sp³-hybridized carbons (Fsp3) is 0.294. The van der Waals surface area contributed by atoms with Crippen LogP contribution in [-0.4, -0.2) is 33.7 Å². The second kappa shape index (κ2) is 8.15. The molecule has 0 unspecified atom stereocenters. The molecule has 0 amide bonds. The van der Waals surface area contributed by atoms with E-state index in [0.717, 1.165) is 0 Å². The van der Waals surface area contributed by atoms with Gasteiger partial charge in [0.1, 0.15) is 17.3 Å². The van der Waals surface area contributed by atoms with Crippen LogP contribution in [0.15, 0.2) is 41.3 Å². The summed E-state index contributed by atoms with van der Waals surface area (Å²) in [5.74, 6) is 0.181. The highest BCUT2D eigenvalue weighted by atomic mass is 32.2. The molecule has 0 aliphatic carbocycles. The van der Waals surface area contributed by atoms with Crippen molar-refractivity contribution >= 4 is 15.8 Å². The van der Waals surface area contributed by atoms with Crippen molar-refractivity contribution in [3.63, 3.8) is 0 Å². The molecule has 0 aliphatic rings. The van der Waals surface area contributed by atoms with E-state index in [4.69, 9.17) is 13.7 Å². The minimum atomic E-state index is -4.23. The lowest BCUT2D eigenvalue weighted by molar-refractivity contribution is -0.385. The van der Waals surface area contributed by atoms with Crippen LogP contribution >= 0.6 is 0 Å². The molecule has 0 spiro atoms. The lowest BCUT2D eigenvalue weighted by Crippen LogP contribution is -2.12. The highest BCUT2D eigenvalue weighted by Gasteiger charge is 2.24. The highest BCUT2D eigenvalue weighted by molar-refractivity contribution is 7.87. The first-order valence-corrected chi connectivity index (χ1v) is 9.07. The van der Waals surface area contributed by atoms with Crippen LogP contribution < -0.4 is 8.92 Å². The van der Waals surface area contributed by atoms with Gasteiger partial charge in [0.2, 0.25) is 5.75 Å². The van der Waals surface area contributed by atoms with Crippen LogP contribution in [0.4, 0.5) is 5.69 Å². The molecule has 26 heavy (non-hydrogen) atoms. The molecule has 0 fully saturated rings. The van der Waals surface area contributed by atoms with Gasteiger partial charge >= 0.3 is 15.8 Å². The number of rotatable bonds is 8. The van der Waals surface area contributed by atoms with E-state index in [1.807, 2.05) is 0 Å². The number of nitrogens with zero attached hydrogens (tertiary/aromatic N) is 1. The molecule has 0 aromatic heterocycles. The summed E-state index contributed by atoms with van der Waals surface area (Å²) in [5.41, 5.74) is 0.795. The Labute approximate surface area is 151 Å². The fourth-order valence-corrected chi connectivity index (χ4v) is 3.21. The standard InChI is InChI=1S/C17H19NO7S/c1-12-4-6-17(15(10-12)18(19)20)25-26(21,22)14-5-7-16(13(2)11-14)24-9-8-23-3/h4-7,10-11H,8-9H2,1-3H3. The molecule has 0 bridgehead atoms. The fourth-order valence-electron chi connectivity index (χ4n) is 2.18. The number of nitro benzene ring substituents is 1. The summed E-state index contributed by atoms with van der Waals surface area (Å²) in [6, 6.07) is 8.27. The molecule has 0 saturated carbocycles. The molecular weight excluding hydrogens is 362 g/mol. The molecule has 2 aromatic carbocycles. The minimum absolute atomic E-state index is 0.121. The monoisotopic (exact) mass is 381 g/mol. The van der Waals surface area contributed by atoms with Gasteiger partial charge in [-0.05, 0) is 49.2 Å². The third-order valence-electron chi connectivity index (χ3n) is 3.49. The average Bonchev–Trinajstić information content (AvgIpc) is 2.57. The van der Waals surface area contributed by atoms with Crippen LogP contribution in [0.3, 0.4) is 0 Å². The molecular formula is C17H19NO7S. The third kappa shape index (κ3) is 4.70. The van der Waals surface area contributed by atoms with Gasteiger partial charge in [-0.2, -0.15) is 8.42 Å². The predicted molar refractivity (Wildman–Crippen MR) is 94.2 cm³/mol. The van der Waals surface area contributed by atoms with Gasteiger partial charge in [-0.15, -0.1) is 0 Å². The quantitative estimate of drug-likeness (QED) is 0.299. The number of nitro groups is 1. The minimum Gasteiger partial charge on any atom is -0.491 e. The molecule has 0 heterocycles. The Morgan fingerprint density at radius 2 is 1.73 bits per heavy atom. The van der Waals surface area contributed by atoms with E-state index in [9.17, 15) is 18.5 Å². The molecule has 8 nitrogen and oxygen atoms in total. The van der Waals surface area contributed by atoms with Crippen LogP contribution in [0, 0.1) is 24.0 Å². The third-order valence-corrected chi connectivity index (χ3v) is 4.72. The molecule has 0 radical (unpaired) electrons. The first-order valence-electron chi connectivity index (χ1n) is 7.66. The number of aryl methyl sites for hydroxylation is 2. The molecule has 2 rings (SSSR count). The van der Waals surface area contributed by atoms with Gasteiger partial charge in [0, 0.05) is 13.2 Å². The number of methoxy groups -OCH3 is 1. The van der Waals surface area contributed by atoms with Gasteiger partial charge in [0.15, 0.2) is 0 Å². The second-order valence-corrected chi connectivity index (χ2v) is 7.08. The Hall–Kier alpha value is -2.65. The smallest absolute Gasteiger partial charge is 0.339 e.